The van der Waals surface area contributed by atoms with Crippen LogP contribution in [0.5, 0.6) is 0 Å². The van der Waals surface area contributed by atoms with E-state index in [1.165, 1.54) is 0 Å². The maximum Gasteiger partial charge on any atom is 0.223 e. The standard InChI is InChI=1S/C19H24ClN3O/c1-22(2)13-14-23(15-17-8-5-6-12-21-17)19(24)11-10-16-7-3-4-9-18(16)20/h3-9,12H,10-11,13-15H2,1-2H3. The Morgan fingerprint density at radius 1 is 1.08 bits per heavy atom. The maximum atomic E-state index is 12.7. The number of benzene rings is 1. The van der Waals surface area contributed by atoms with E-state index in [-0.39, 0.29) is 5.91 Å². The summed E-state index contributed by atoms with van der Waals surface area (Å²) in [6.07, 6.45) is 2.86. The van der Waals surface area contributed by atoms with Gasteiger partial charge in [0.1, 0.15) is 0 Å². The summed E-state index contributed by atoms with van der Waals surface area (Å²) in [4.78, 5) is 21.0. The van der Waals surface area contributed by atoms with Crippen molar-refractivity contribution in [3.63, 3.8) is 0 Å². The molecule has 0 aliphatic rings. The van der Waals surface area contributed by atoms with E-state index in [9.17, 15) is 4.79 Å². The predicted octanol–water partition coefficient (Wildman–Crippen LogP) is 3.26. The molecule has 128 valence electrons. The first-order chi connectivity index (χ1) is 11.6. The molecule has 4 nitrogen and oxygen atoms in total. The van der Waals surface area contributed by atoms with Crippen molar-refractivity contribution in [2.24, 2.45) is 0 Å². The van der Waals surface area contributed by atoms with Gasteiger partial charge in [0.2, 0.25) is 5.91 Å². The first-order valence-electron chi connectivity index (χ1n) is 8.12. The monoisotopic (exact) mass is 345 g/mol. The minimum absolute atomic E-state index is 0.127. The fourth-order valence-corrected chi connectivity index (χ4v) is 2.63. The molecular formula is C19H24ClN3O. The molecule has 1 amide bonds. The van der Waals surface area contributed by atoms with Crippen LogP contribution in [0.15, 0.2) is 48.7 Å². The number of amides is 1. The highest BCUT2D eigenvalue weighted by molar-refractivity contribution is 6.31. The molecule has 5 heteroatoms. The lowest BCUT2D eigenvalue weighted by Gasteiger charge is -2.24. The molecule has 0 spiro atoms. The Bertz CT molecular complexity index is 646. The van der Waals surface area contributed by atoms with E-state index < -0.39 is 0 Å². The van der Waals surface area contributed by atoms with Crippen LogP contribution >= 0.6 is 11.6 Å². The molecule has 2 rings (SSSR count). The van der Waals surface area contributed by atoms with Crippen LogP contribution < -0.4 is 0 Å². The van der Waals surface area contributed by atoms with Crippen LogP contribution in [0.2, 0.25) is 5.02 Å². The quantitative estimate of drug-likeness (QED) is 0.736. The molecule has 24 heavy (non-hydrogen) atoms. The third-order valence-electron chi connectivity index (χ3n) is 3.81. The number of likely N-dealkylation sites (N-methyl/N-ethyl adjacent to an activating group) is 1. The molecule has 0 saturated carbocycles. The Balaban J connectivity index is 1.99. The van der Waals surface area contributed by atoms with Crippen LogP contribution in [-0.4, -0.2) is 47.9 Å². The number of halogens is 1. The van der Waals surface area contributed by atoms with E-state index in [1.807, 2.05) is 61.5 Å². The fourth-order valence-electron chi connectivity index (χ4n) is 2.40. The van der Waals surface area contributed by atoms with Crippen LogP contribution in [0.4, 0.5) is 0 Å². The molecule has 0 fully saturated rings. The first-order valence-corrected chi connectivity index (χ1v) is 8.50. The molecular weight excluding hydrogens is 322 g/mol. The van der Waals surface area contributed by atoms with Crippen molar-refractivity contribution in [3.8, 4) is 0 Å². The van der Waals surface area contributed by atoms with Gasteiger partial charge >= 0.3 is 0 Å². The average molecular weight is 346 g/mol. The molecule has 0 aliphatic carbocycles. The molecule has 0 N–H and O–H groups in total. The highest BCUT2D eigenvalue weighted by atomic mass is 35.5. The number of pyridine rings is 1. The van der Waals surface area contributed by atoms with Gasteiger partial charge in [0.05, 0.1) is 12.2 Å². The van der Waals surface area contributed by atoms with Crippen molar-refractivity contribution in [2.45, 2.75) is 19.4 Å². The Morgan fingerprint density at radius 2 is 1.83 bits per heavy atom. The number of carbonyl (C=O) groups is 1. The third-order valence-corrected chi connectivity index (χ3v) is 4.18. The van der Waals surface area contributed by atoms with Gasteiger partial charge < -0.3 is 9.80 Å². The van der Waals surface area contributed by atoms with E-state index in [4.69, 9.17) is 11.6 Å². The summed E-state index contributed by atoms with van der Waals surface area (Å²) < 4.78 is 0. The zero-order chi connectivity index (χ0) is 17.4. The molecule has 0 saturated heterocycles. The summed E-state index contributed by atoms with van der Waals surface area (Å²) in [5, 5.41) is 0.717. The van der Waals surface area contributed by atoms with Crippen molar-refractivity contribution >= 4 is 17.5 Å². The second kappa shape index (κ2) is 9.40. The number of aromatic nitrogens is 1. The molecule has 0 aliphatic heterocycles. The molecule has 0 bridgehead atoms. The van der Waals surface area contributed by atoms with Gasteiger partial charge in [-0.3, -0.25) is 9.78 Å². The SMILES string of the molecule is CN(C)CCN(Cc1ccccn1)C(=O)CCc1ccccc1Cl. The molecule has 1 aromatic heterocycles. The first kappa shape index (κ1) is 18.4. The zero-order valence-electron chi connectivity index (χ0n) is 14.3. The summed E-state index contributed by atoms with van der Waals surface area (Å²) >= 11 is 6.18. The van der Waals surface area contributed by atoms with Gasteiger partial charge in [-0.2, -0.15) is 0 Å². The summed E-state index contributed by atoms with van der Waals surface area (Å²) in [5.41, 5.74) is 1.92. The normalized spacial score (nSPS) is 10.8. The molecule has 1 aromatic carbocycles. The average Bonchev–Trinajstić information content (AvgIpc) is 2.58. The van der Waals surface area contributed by atoms with Crippen molar-refractivity contribution in [1.29, 1.82) is 0 Å². The Morgan fingerprint density at radius 3 is 2.50 bits per heavy atom. The summed E-state index contributed by atoms with van der Waals surface area (Å²) in [5.74, 6) is 0.127. The van der Waals surface area contributed by atoms with E-state index in [2.05, 4.69) is 9.88 Å². The lowest BCUT2D eigenvalue weighted by atomic mass is 10.1. The van der Waals surface area contributed by atoms with Gasteiger partial charge in [-0.05, 0) is 44.3 Å². The van der Waals surface area contributed by atoms with E-state index in [0.717, 1.165) is 22.8 Å². The smallest absolute Gasteiger partial charge is 0.223 e. The van der Waals surface area contributed by atoms with Crippen LogP contribution in [0, 0.1) is 0 Å². The fraction of sp³-hybridized carbons (Fsp3) is 0.368. The van der Waals surface area contributed by atoms with Gasteiger partial charge in [0.25, 0.3) is 0 Å². The molecule has 2 aromatic rings. The van der Waals surface area contributed by atoms with Gasteiger partial charge in [0.15, 0.2) is 0 Å². The van der Waals surface area contributed by atoms with E-state index >= 15 is 0 Å². The second-order valence-electron chi connectivity index (χ2n) is 6.03. The second-order valence-corrected chi connectivity index (χ2v) is 6.44. The minimum Gasteiger partial charge on any atom is -0.336 e. The number of nitrogens with zero attached hydrogens (tertiary/aromatic N) is 3. The van der Waals surface area contributed by atoms with E-state index in [1.54, 1.807) is 6.20 Å². The number of carbonyl (C=O) groups excluding carboxylic acids is 1. The van der Waals surface area contributed by atoms with Crippen molar-refractivity contribution in [3.05, 3.63) is 64.9 Å². The minimum atomic E-state index is 0.127. The van der Waals surface area contributed by atoms with Crippen LogP contribution in [0.25, 0.3) is 0 Å². The highest BCUT2D eigenvalue weighted by Crippen LogP contribution is 2.17. The van der Waals surface area contributed by atoms with Gasteiger partial charge in [-0.15, -0.1) is 0 Å². The Labute approximate surface area is 149 Å². The maximum absolute atomic E-state index is 12.7. The van der Waals surface area contributed by atoms with Crippen LogP contribution in [-0.2, 0) is 17.8 Å². The molecule has 0 atom stereocenters. The van der Waals surface area contributed by atoms with Crippen molar-refractivity contribution in [2.75, 3.05) is 27.2 Å². The number of rotatable bonds is 8. The lowest BCUT2D eigenvalue weighted by Crippen LogP contribution is -2.36. The molecule has 0 radical (unpaired) electrons. The van der Waals surface area contributed by atoms with Gasteiger partial charge in [0, 0.05) is 30.7 Å². The lowest BCUT2D eigenvalue weighted by molar-refractivity contribution is -0.132. The van der Waals surface area contributed by atoms with Gasteiger partial charge in [-0.1, -0.05) is 35.9 Å². The number of hydrogen-bond acceptors (Lipinski definition) is 3. The largest absolute Gasteiger partial charge is 0.336 e. The van der Waals surface area contributed by atoms with Gasteiger partial charge in [-0.25, -0.2) is 0 Å². The molecule has 1 heterocycles. The number of hydrogen-bond donors (Lipinski definition) is 0. The van der Waals surface area contributed by atoms with Crippen molar-refractivity contribution < 1.29 is 4.79 Å². The summed E-state index contributed by atoms with van der Waals surface area (Å²) in [6.45, 7) is 2.05. The molecule has 0 unspecified atom stereocenters. The Hall–Kier alpha value is -1.91. The predicted molar refractivity (Wildman–Crippen MR) is 98.0 cm³/mol. The van der Waals surface area contributed by atoms with Crippen LogP contribution in [0.3, 0.4) is 0 Å². The van der Waals surface area contributed by atoms with Crippen LogP contribution in [0.1, 0.15) is 17.7 Å². The summed E-state index contributed by atoms with van der Waals surface area (Å²) in [6, 6.07) is 13.5. The van der Waals surface area contributed by atoms with Crippen molar-refractivity contribution in [1.82, 2.24) is 14.8 Å². The topological polar surface area (TPSA) is 36.4 Å². The zero-order valence-corrected chi connectivity index (χ0v) is 15.0. The Kier molecular flexibility index (Phi) is 7.22. The highest BCUT2D eigenvalue weighted by Gasteiger charge is 2.15. The van der Waals surface area contributed by atoms with E-state index in [0.29, 0.717) is 25.9 Å². The third kappa shape index (κ3) is 5.95. The number of aryl methyl sites for hydroxylation is 1. The summed E-state index contributed by atoms with van der Waals surface area (Å²) in [7, 11) is 4.01.